The zero-order chi connectivity index (χ0) is 26.5. The Hall–Kier alpha value is -3.50. The summed E-state index contributed by atoms with van der Waals surface area (Å²) < 4.78 is 56.5. The van der Waals surface area contributed by atoms with E-state index >= 15 is 0 Å². The van der Waals surface area contributed by atoms with Crippen molar-refractivity contribution in [2.75, 3.05) is 20.7 Å². The molecule has 0 aliphatic rings. The van der Waals surface area contributed by atoms with E-state index in [0.717, 1.165) is 11.8 Å². The van der Waals surface area contributed by atoms with Gasteiger partial charge >= 0.3 is 12.1 Å². The van der Waals surface area contributed by atoms with Crippen LogP contribution >= 0.6 is 11.6 Å². The molecule has 2 aromatic carbocycles. The van der Waals surface area contributed by atoms with Crippen molar-refractivity contribution < 1.29 is 37.1 Å². The van der Waals surface area contributed by atoms with E-state index in [2.05, 4.69) is 5.16 Å². The molecular formula is C25H24ClF3N2O5. The van der Waals surface area contributed by atoms with Crippen LogP contribution in [0.5, 0.6) is 5.75 Å². The molecule has 192 valence electrons. The van der Waals surface area contributed by atoms with Crippen LogP contribution in [0.3, 0.4) is 0 Å². The lowest BCUT2D eigenvalue weighted by Crippen LogP contribution is -2.31. The number of carbonyl (C=O) groups excluding carboxylic acids is 1. The Balaban J connectivity index is 2.12. The van der Waals surface area contributed by atoms with Gasteiger partial charge in [0.1, 0.15) is 23.6 Å². The Labute approximate surface area is 210 Å². The van der Waals surface area contributed by atoms with Gasteiger partial charge in [-0.25, -0.2) is 4.79 Å². The van der Waals surface area contributed by atoms with Crippen molar-refractivity contribution in [1.82, 2.24) is 10.1 Å². The van der Waals surface area contributed by atoms with Crippen molar-refractivity contribution in [3.63, 3.8) is 0 Å². The quantitative estimate of drug-likeness (QED) is 0.366. The average Bonchev–Trinajstić information content (AvgIpc) is 3.26. The van der Waals surface area contributed by atoms with Gasteiger partial charge in [-0.3, -0.25) is 0 Å². The minimum Gasteiger partial charge on any atom is -0.487 e. The number of aromatic nitrogens is 1. The smallest absolute Gasteiger partial charge is 0.418 e. The SMILES string of the molecule is CCOC(=O)c1c(-c2cccc(OCc3ccccc3)c2Cl)noc1/C(=C/N(C)C)C(O)C(F)(F)F. The molecule has 36 heavy (non-hydrogen) atoms. The predicted molar refractivity (Wildman–Crippen MR) is 127 cm³/mol. The zero-order valence-corrected chi connectivity index (χ0v) is 20.4. The van der Waals surface area contributed by atoms with Crippen molar-refractivity contribution in [3.05, 3.63) is 76.6 Å². The van der Waals surface area contributed by atoms with Crippen molar-refractivity contribution in [2.24, 2.45) is 0 Å². The van der Waals surface area contributed by atoms with E-state index in [1.54, 1.807) is 12.1 Å². The molecule has 0 aliphatic carbocycles. The van der Waals surface area contributed by atoms with Gasteiger partial charge in [0.15, 0.2) is 11.9 Å². The van der Waals surface area contributed by atoms with Crippen LogP contribution in [0.2, 0.25) is 5.02 Å². The van der Waals surface area contributed by atoms with Gasteiger partial charge in [0.05, 0.1) is 17.2 Å². The number of rotatable bonds is 9. The third kappa shape index (κ3) is 6.19. The number of halogens is 4. The van der Waals surface area contributed by atoms with E-state index < -0.39 is 35.1 Å². The highest BCUT2D eigenvalue weighted by atomic mass is 35.5. The molecule has 0 bridgehead atoms. The number of aliphatic hydroxyl groups excluding tert-OH is 1. The summed E-state index contributed by atoms with van der Waals surface area (Å²) >= 11 is 6.56. The van der Waals surface area contributed by atoms with E-state index in [9.17, 15) is 23.1 Å². The second-order valence-electron chi connectivity index (χ2n) is 7.84. The van der Waals surface area contributed by atoms with Crippen molar-refractivity contribution in [3.8, 4) is 17.0 Å². The van der Waals surface area contributed by atoms with Crippen LogP contribution in [0.15, 0.2) is 59.3 Å². The van der Waals surface area contributed by atoms with Gasteiger partial charge < -0.3 is 24.0 Å². The first-order chi connectivity index (χ1) is 17.0. The molecule has 1 heterocycles. The Kier molecular flexibility index (Phi) is 8.65. The van der Waals surface area contributed by atoms with Crippen LogP contribution in [0.4, 0.5) is 13.2 Å². The minimum atomic E-state index is -5.04. The summed E-state index contributed by atoms with van der Waals surface area (Å²) in [6.45, 7) is 1.68. The number of hydrogen-bond donors (Lipinski definition) is 1. The molecule has 1 N–H and O–H groups in total. The molecule has 0 radical (unpaired) electrons. The molecule has 1 unspecified atom stereocenters. The highest BCUT2D eigenvalue weighted by Gasteiger charge is 2.44. The van der Waals surface area contributed by atoms with Gasteiger partial charge in [0.2, 0.25) is 0 Å². The number of carbonyl (C=O) groups is 1. The lowest BCUT2D eigenvalue weighted by molar-refractivity contribution is -0.184. The summed E-state index contributed by atoms with van der Waals surface area (Å²) in [5.74, 6) is -1.32. The molecule has 0 fully saturated rings. The molecule has 0 amide bonds. The highest BCUT2D eigenvalue weighted by Crippen LogP contribution is 2.41. The predicted octanol–water partition coefficient (Wildman–Crippen LogP) is 5.58. The summed E-state index contributed by atoms with van der Waals surface area (Å²) in [6, 6.07) is 14.0. The first kappa shape index (κ1) is 27.1. The highest BCUT2D eigenvalue weighted by molar-refractivity contribution is 6.35. The van der Waals surface area contributed by atoms with E-state index in [-0.39, 0.29) is 35.2 Å². The maximum Gasteiger partial charge on any atom is 0.418 e. The first-order valence-electron chi connectivity index (χ1n) is 10.8. The molecule has 0 saturated carbocycles. The number of ether oxygens (including phenoxy) is 2. The lowest BCUT2D eigenvalue weighted by atomic mass is 9.99. The molecule has 0 spiro atoms. The Morgan fingerprint density at radius 2 is 1.89 bits per heavy atom. The van der Waals surface area contributed by atoms with Gasteiger partial charge in [-0.05, 0) is 18.6 Å². The first-order valence-corrected chi connectivity index (χ1v) is 11.2. The van der Waals surface area contributed by atoms with Crippen LogP contribution in [0.25, 0.3) is 16.8 Å². The molecule has 0 saturated heterocycles. The number of aliphatic hydroxyl groups is 1. The van der Waals surface area contributed by atoms with Gasteiger partial charge in [-0.2, -0.15) is 13.2 Å². The minimum absolute atomic E-state index is 0.0633. The molecular weight excluding hydrogens is 501 g/mol. The van der Waals surface area contributed by atoms with Crippen molar-refractivity contribution in [2.45, 2.75) is 25.8 Å². The second kappa shape index (κ2) is 11.5. The molecule has 7 nitrogen and oxygen atoms in total. The van der Waals surface area contributed by atoms with Crippen LogP contribution in [-0.4, -0.2) is 54.1 Å². The third-order valence-electron chi connectivity index (χ3n) is 4.89. The normalized spacial score (nSPS) is 12.8. The summed E-state index contributed by atoms with van der Waals surface area (Å²) in [5.41, 5.74) is -0.226. The summed E-state index contributed by atoms with van der Waals surface area (Å²) in [6.07, 6.45) is -7.00. The summed E-state index contributed by atoms with van der Waals surface area (Å²) in [5, 5.41) is 13.9. The van der Waals surface area contributed by atoms with E-state index in [0.29, 0.717) is 0 Å². The second-order valence-corrected chi connectivity index (χ2v) is 8.22. The fraction of sp³-hybridized carbons (Fsp3) is 0.280. The number of hydrogen-bond acceptors (Lipinski definition) is 7. The van der Waals surface area contributed by atoms with Gasteiger partial charge in [0, 0.05) is 25.9 Å². The van der Waals surface area contributed by atoms with Gasteiger partial charge in [-0.15, -0.1) is 0 Å². The summed E-state index contributed by atoms with van der Waals surface area (Å²) in [7, 11) is 2.91. The van der Waals surface area contributed by atoms with Gasteiger partial charge in [-0.1, -0.05) is 59.2 Å². The maximum absolute atomic E-state index is 13.5. The summed E-state index contributed by atoms with van der Waals surface area (Å²) in [4.78, 5) is 14.2. The standard InChI is InChI=1S/C25H24ClF3N2O5/c1-4-34-24(33)19-21(30-36-22(19)17(13-31(2)3)23(32)25(27,28)29)16-11-8-12-18(20(16)26)35-14-15-9-6-5-7-10-15/h5-13,23,32H,4,14H2,1-3H3/b17-13-. The molecule has 0 aliphatic heterocycles. The van der Waals surface area contributed by atoms with E-state index in [4.69, 9.17) is 25.6 Å². The fourth-order valence-electron chi connectivity index (χ4n) is 3.31. The van der Waals surface area contributed by atoms with Crippen LogP contribution in [0.1, 0.15) is 28.6 Å². The van der Waals surface area contributed by atoms with Crippen LogP contribution in [-0.2, 0) is 11.3 Å². The number of nitrogens with zero attached hydrogens (tertiary/aromatic N) is 2. The Morgan fingerprint density at radius 1 is 1.19 bits per heavy atom. The fourth-order valence-corrected chi connectivity index (χ4v) is 3.58. The Morgan fingerprint density at radius 3 is 2.50 bits per heavy atom. The van der Waals surface area contributed by atoms with Crippen LogP contribution in [0, 0.1) is 0 Å². The molecule has 3 aromatic rings. The van der Waals surface area contributed by atoms with Crippen LogP contribution < -0.4 is 4.74 Å². The maximum atomic E-state index is 13.5. The van der Waals surface area contributed by atoms with Crippen molar-refractivity contribution >= 4 is 23.1 Å². The lowest BCUT2D eigenvalue weighted by Gasteiger charge is -2.19. The number of esters is 1. The van der Waals surface area contributed by atoms with E-state index in [1.807, 2.05) is 30.3 Å². The zero-order valence-electron chi connectivity index (χ0n) is 19.7. The molecule has 1 aromatic heterocycles. The van der Waals surface area contributed by atoms with Crippen molar-refractivity contribution in [1.29, 1.82) is 0 Å². The number of benzene rings is 2. The Bertz CT molecular complexity index is 1230. The third-order valence-corrected chi connectivity index (χ3v) is 5.28. The molecule has 11 heteroatoms. The number of alkyl halides is 3. The monoisotopic (exact) mass is 524 g/mol. The average molecular weight is 525 g/mol. The largest absolute Gasteiger partial charge is 0.487 e. The molecule has 1 atom stereocenters. The van der Waals surface area contributed by atoms with Gasteiger partial charge in [0.25, 0.3) is 0 Å². The molecule has 3 rings (SSSR count). The topological polar surface area (TPSA) is 85.0 Å². The van der Waals surface area contributed by atoms with E-state index in [1.165, 1.54) is 32.0 Å².